The number of benzene rings is 2. The molecule has 2 aromatic carbocycles. The van der Waals surface area contributed by atoms with Crippen molar-refractivity contribution in [2.75, 3.05) is 0 Å². The molecule has 0 atom stereocenters. The normalized spacial score (nSPS) is 11.2. The highest BCUT2D eigenvalue weighted by atomic mass is 35.5. The van der Waals surface area contributed by atoms with E-state index in [-0.39, 0.29) is 5.41 Å². The SMILES string of the molecule is CC(C)(C)c1cccc(Oc2ccc(C=O)cc2Cl)c1. The van der Waals surface area contributed by atoms with Crippen molar-refractivity contribution in [2.45, 2.75) is 26.2 Å². The third-order valence-corrected chi connectivity index (χ3v) is 3.32. The lowest BCUT2D eigenvalue weighted by Crippen LogP contribution is -2.10. The Morgan fingerprint density at radius 2 is 1.85 bits per heavy atom. The van der Waals surface area contributed by atoms with Crippen molar-refractivity contribution in [2.24, 2.45) is 0 Å². The molecule has 0 fully saturated rings. The molecule has 0 amide bonds. The zero-order chi connectivity index (χ0) is 14.8. The number of hydrogen-bond donors (Lipinski definition) is 0. The molecule has 0 unspecified atom stereocenters. The van der Waals surface area contributed by atoms with Gasteiger partial charge in [-0.1, -0.05) is 44.5 Å². The maximum atomic E-state index is 10.7. The zero-order valence-electron chi connectivity index (χ0n) is 11.8. The fourth-order valence-electron chi connectivity index (χ4n) is 1.83. The highest BCUT2D eigenvalue weighted by Crippen LogP contribution is 2.32. The van der Waals surface area contributed by atoms with Crippen molar-refractivity contribution in [3.8, 4) is 11.5 Å². The molecule has 2 rings (SSSR count). The summed E-state index contributed by atoms with van der Waals surface area (Å²) in [4.78, 5) is 10.7. The van der Waals surface area contributed by atoms with Gasteiger partial charge in [0.15, 0.2) is 0 Å². The minimum Gasteiger partial charge on any atom is -0.456 e. The van der Waals surface area contributed by atoms with Gasteiger partial charge >= 0.3 is 0 Å². The Kier molecular flexibility index (Phi) is 4.15. The molecule has 0 aliphatic heterocycles. The monoisotopic (exact) mass is 288 g/mol. The van der Waals surface area contributed by atoms with Crippen LogP contribution in [0.5, 0.6) is 11.5 Å². The minimum atomic E-state index is 0.0601. The van der Waals surface area contributed by atoms with E-state index in [2.05, 4.69) is 26.8 Å². The number of aldehydes is 1. The van der Waals surface area contributed by atoms with Crippen LogP contribution in [0.4, 0.5) is 0 Å². The molecule has 0 spiro atoms. The van der Waals surface area contributed by atoms with Gasteiger partial charge in [0.1, 0.15) is 17.8 Å². The van der Waals surface area contributed by atoms with E-state index in [9.17, 15) is 4.79 Å². The average Bonchev–Trinajstić information content (AvgIpc) is 2.40. The molecule has 2 nitrogen and oxygen atoms in total. The Bertz CT molecular complexity index is 627. The van der Waals surface area contributed by atoms with Gasteiger partial charge in [-0.3, -0.25) is 4.79 Å². The summed E-state index contributed by atoms with van der Waals surface area (Å²) in [6.45, 7) is 6.45. The van der Waals surface area contributed by atoms with E-state index in [1.165, 1.54) is 5.56 Å². The quantitative estimate of drug-likeness (QED) is 0.722. The van der Waals surface area contributed by atoms with E-state index in [0.717, 1.165) is 12.0 Å². The maximum Gasteiger partial charge on any atom is 0.150 e. The second-order valence-corrected chi connectivity index (χ2v) is 6.09. The second-order valence-electron chi connectivity index (χ2n) is 5.69. The van der Waals surface area contributed by atoms with E-state index in [4.69, 9.17) is 16.3 Å². The Labute approximate surface area is 124 Å². The maximum absolute atomic E-state index is 10.7. The molecule has 104 valence electrons. The number of carbonyl (C=O) groups excluding carboxylic acids is 1. The van der Waals surface area contributed by atoms with Crippen LogP contribution in [0.3, 0.4) is 0 Å². The average molecular weight is 289 g/mol. The first kappa shape index (κ1) is 14.6. The summed E-state index contributed by atoms with van der Waals surface area (Å²) in [5.41, 5.74) is 1.78. The van der Waals surface area contributed by atoms with Crippen LogP contribution >= 0.6 is 11.6 Å². The standard InChI is InChI=1S/C17H17ClO2/c1-17(2,3)13-5-4-6-14(10-13)20-16-8-7-12(11-19)9-15(16)18/h4-11H,1-3H3. The van der Waals surface area contributed by atoms with Gasteiger partial charge in [-0.25, -0.2) is 0 Å². The van der Waals surface area contributed by atoms with Gasteiger partial charge in [-0.05, 0) is 41.3 Å². The fraction of sp³-hybridized carbons (Fsp3) is 0.235. The molecule has 0 aliphatic rings. The van der Waals surface area contributed by atoms with Gasteiger partial charge in [0.25, 0.3) is 0 Å². The van der Waals surface area contributed by atoms with Crippen molar-refractivity contribution in [1.82, 2.24) is 0 Å². The zero-order valence-corrected chi connectivity index (χ0v) is 12.6. The van der Waals surface area contributed by atoms with Crippen molar-refractivity contribution in [3.63, 3.8) is 0 Å². The molecule has 0 bridgehead atoms. The molecular weight excluding hydrogens is 272 g/mol. The molecule has 20 heavy (non-hydrogen) atoms. The summed E-state index contributed by atoms with van der Waals surface area (Å²) < 4.78 is 5.80. The third kappa shape index (κ3) is 3.40. The van der Waals surface area contributed by atoms with Crippen LogP contribution in [-0.4, -0.2) is 6.29 Å². The van der Waals surface area contributed by atoms with Crippen LogP contribution in [0, 0.1) is 0 Å². The van der Waals surface area contributed by atoms with Gasteiger partial charge < -0.3 is 4.74 Å². The van der Waals surface area contributed by atoms with E-state index in [1.807, 2.05) is 18.2 Å². The number of carbonyl (C=O) groups is 1. The number of rotatable bonds is 3. The lowest BCUT2D eigenvalue weighted by molar-refractivity contribution is 0.112. The van der Waals surface area contributed by atoms with E-state index < -0.39 is 0 Å². The van der Waals surface area contributed by atoms with Gasteiger partial charge in [0.05, 0.1) is 5.02 Å². The summed E-state index contributed by atoms with van der Waals surface area (Å²) >= 11 is 6.10. The summed E-state index contributed by atoms with van der Waals surface area (Å²) in [7, 11) is 0. The molecule has 0 aliphatic carbocycles. The molecule has 0 saturated heterocycles. The van der Waals surface area contributed by atoms with Crippen LogP contribution in [0.1, 0.15) is 36.7 Å². The Hall–Kier alpha value is -1.80. The van der Waals surface area contributed by atoms with Crippen molar-refractivity contribution < 1.29 is 9.53 Å². The summed E-state index contributed by atoms with van der Waals surface area (Å²) in [5.74, 6) is 1.28. The Morgan fingerprint density at radius 3 is 2.45 bits per heavy atom. The molecule has 0 heterocycles. The fourth-order valence-corrected chi connectivity index (χ4v) is 2.05. The number of ether oxygens (including phenoxy) is 1. The molecule has 0 radical (unpaired) electrons. The first-order valence-electron chi connectivity index (χ1n) is 6.43. The first-order valence-corrected chi connectivity index (χ1v) is 6.81. The van der Waals surface area contributed by atoms with Crippen LogP contribution < -0.4 is 4.74 Å². The first-order chi connectivity index (χ1) is 9.40. The molecule has 3 heteroatoms. The molecular formula is C17H17ClO2. The highest BCUT2D eigenvalue weighted by molar-refractivity contribution is 6.32. The molecule has 0 aromatic heterocycles. The number of hydrogen-bond acceptors (Lipinski definition) is 2. The summed E-state index contributed by atoms with van der Waals surface area (Å²) in [6.07, 6.45) is 0.760. The smallest absolute Gasteiger partial charge is 0.150 e. The molecule has 2 aromatic rings. The molecule has 0 N–H and O–H groups in total. The van der Waals surface area contributed by atoms with Gasteiger partial charge in [-0.15, -0.1) is 0 Å². The largest absolute Gasteiger partial charge is 0.456 e. The van der Waals surface area contributed by atoms with E-state index in [1.54, 1.807) is 18.2 Å². The van der Waals surface area contributed by atoms with Crippen molar-refractivity contribution in [1.29, 1.82) is 0 Å². The lowest BCUT2D eigenvalue weighted by Gasteiger charge is -2.19. The van der Waals surface area contributed by atoms with E-state index >= 15 is 0 Å². The van der Waals surface area contributed by atoms with Crippen LogP contribution in [0.25, 0.3) is 0 Å². The predicted octanol–water partition coefficient (Wildman–Crippen LogP) is 5.24. The Morgan fingerprint density at radius 1 is 1.10 bits per heavy atom. The van der Waals surface area contributed by atoms with Gasteiger partial charge in [0.2, 0.25) is 0 Å². The minimum absolute atomic E-state index is 0.0601. The second kappa shape index (κ2) is 5.68. The van der Waals surface area contributed by atoms with Crippen LogP contribution in [0.2, 0.25) is 5.02 Å². The van der Waals surface area contributed by atoms with Crippen LogP contribution in [-0.2, 0) is 5.41 Å². The van der Waals surface area contributed by atoms with Crippen molar-refractivity contribution >= 4 is 17.9 Å². The van der Waals surface area contributed by atoms with Gasteiger partial charge in [0, 0.05) is 5.56 Å². The highest BCUT2D eigenvalue weighted by Gasteiger charge is 2.14. The van der Waals surface area contributed by atoms with Crippen LogP contribution in [0.15, 0.2) is 42.5 Å². The summed E-state index contributed by atoms with van der Waals surface area (Å²) in [6, 6.07) is 12.9. The topological polar surface area (TPSA) is 26.3 Å². The molecule has 0 saturated carbocycles. The van der Waals surface area contributed by atoms with Gasteiger partial charge in [-0.2, -0.15) is 0 Å². The third-order valence-electron chi connectivity index (χ3n) is 3.02. The lowest BCUT2D eigenvalue weighted by atomic mass is 9.87. The van der Waals surface area contributed by atoms with Crippen molar-refractivity contribution in [3.05, 3.63) is 58.6 Å². The Balaban J connectivity index is 2.28. The van der Waals surface area contributed by atoms with E-state index in [0.29, 0.717) is 16.3 Å². The predicted molar refractivity (Wildman–Crippen MR) is 82.1 cm³/mol. The summed E-state index contributed by atoms with van der Waals surface area (Å²) in [5, 5.41) is 0.427. The number of halogens is 1.